The lowest BCUT2D eigenvalue weighted by Crippen LogP contribution is -2.52. The summed E-state index contributed by atoms with van der Waals surface area (Å²) >= 11 is 0. The van der Waals surface area contributed by atoms with Crippen molar-refractivity contribution in [1.82, 2.24) is 9.80 Å². The zero-order valence-corrected chi connectivity index (χ0v) is 20.0. The van der Waals surface area contributed by atoms with Gasteiger partial charge in [-0.25, -0.2) is 9.59 Å². The molecule has 1 fully saturated rings. The molecule has 2 aromatic rings. The summed E-state index contributed by atoms with van der Waals surface area (Å²) in [5.41, 5.74) is 2.42. The Morgan fingerprint density at radius 1 is 0.853 bits per heavy atom. The quantitative estimate of drug-likeness (QED) is 0.573. The van der Waals surface area contributed by atoms with E-state index in [4.69, 9.17) is 19.8 Å². The molecule has 1 unspecified atom stereocenters. The first-order chi connectivity index (χ1) is 16.3. The number of carbonyl (C=O) groups excluding carboxylic acids is 1. The highest BCUT2D eigenvalue weighted by Crippen LogP contribution is 2.19. The molecule has 2 aromatic carbocycles. The van der Waals surface area contributed by atoms with Crippen LogP contribution in [-0.4, -0.2) is 83.2 Å². The molecule has 1 heterocycles. The number of anilines is 1. The average Bonchev–Trinajstić information content (AvgIpc) is 2.85. The summed E-state index contributed by atoms with van der Waals surface area (Å²) in [4.78, 5) is 37.8. The Morgan fingerprint density at radius 2 is 1.35 bits per heavy atom. The van der Waals surface area contributed by atoms with Gasteiger partial charge in [0.25, 0.3) is 0 Å². The number of carbonyl (C=O) groups is 3. The SMILES string of the molecule is CCC(=O)N(c1ccccc1)C(C)CN1CCN(CCc2ccccc2)CC1.O=C(O)C(=O)O. The first kappa shape index (κ1) is 27.0. The second-order valence-electron chi connectivity index (χ2n) is 8.29. The van der Waals surface area contributed by atoms with Gasteiger partial charge in [-0.1, -0.05) is 55.5 Å². The number of carboxylic acids is 2. The van der Waals surface area contributed by atoms with Crippen LogP contribution in [0.2, 0.25) is 0 Å². The highest BCUT2D eigenvalue weighted by Gasteiger charge is 2.24. The minimum absolute atomic E-state index is 0.172. The average molecular weight is 470 g/mol. The summed E-state index contributed by atoms with van der Waals surface area (Å²) in [6.07, 6.45) is 1.65. The van der Waals surface area contributed by atoms with Crippen LogP contribution in [0.1, 0.15) is 25.8 Å². The smallest absolute Gasteiger partial charge is 0.414 e. The van der Waals surface area contributed by atoms with Gasteiger partial charge in [0.1, 0.15) is 0 Å². The van der Waals surface area contributed by atoms with Gasteiger partial charge < -0.3 is 20.0 Å². The maximum absolute atomic E-state index is 12.6. The summed E-state index contributed by atoms with van der Waals surface area (Å²) in [7, 11) is 0. The third-order valence-corrected chi connectivity index (χ3v) is 5.78. The fourth-order valence-electron chi connectivity index (χ4n) is 3.99. The van der Waals surface area contributed by atoms with Crippen molar-refractivity contribution in [3.05, 3.63) is 66.2 Å². The molecule has 3 rings (SSSR count). The fraction of sp³-hybridized carbons (Fsp3) is 0.423. The van der Waals surface area contributed by atoms with Gasteiger partial charge in [0, 0.05) is 57.4 Å². The number of rotatable bonds is 8. The van der Waals surface area contributed by atoms with Crippen molar-refractivity contribution in [2.24, 2.45) is 0 Å². The van der Waals surface area contributed by atoms with Crippen molar-refractivity contribution in [2.75, 3.05) is 44.2 Å². The maximum Gasteiger partial charge on any atom is 0.414 e. The number of hydrogen-bond donors (Lipinski definition) is 2. The molecule has 34 heavy (non-hydrogen) atoms. The number of amides is 1. The van der Waals surface area contributed by atoms with Crippen molar-refractivity contribution in [1.29, 1.82) is 0 Å². The van der Waals surface area contributed by atoms with Crippen LogP contribution in [-0.2, 0) is 20.8 Å². The second-order valence-corrected chi connectivity index (χ2v) is 8.29. The van der Waals surface area contributed by atoms with Crippen molar-refractivity contribution in [2.45, 2.75) is 32.7 Å². The molecule has 1 atom stereocenters. The summed E-state index contributed by atoms with van der Waals surface area (Å²) in [5.74, 6) is -3.45. The Labute approximate surface area is 201 Å². The molecule has 0 bridgehead atoms. The van der Waals surface area contributed by atoms with Gasteiger partial charge in [0.2, 0.25) is 5.91 Å². The Balaban J connectivity index is 0.000000604. The third-order valence-electron chi connectivity index (χ3n) is 5.78. The number of benzene rings is 2. The minimum atomic E-state index is -1.82. The summed E-state index contributed by atoms with van der Waals surface area (Å²) in [6, 6.07) is 21.0. The maximum atomic E-state index is 12.6. The monoisotopic (exact) mass is 469 g/mol. The molecular weight excluding hydrogens is 434 g/mol. The molecule has 0 radical (unpaired) electrons. The van der Waals surface area contributed by atoms with Crippen LogP contribution in [0.4, 0.5) is 5.69 Å². The lowest BCUT2D eigenvalue weighted by atomic mass is 10.1. The van der Waals surface area contributed by atoms with E-state index in [0.29, 0.717) is 6.42 Å². The number of para-hydroxylation sites is 1. The number of hydrogen-bond acceptors (Lipinski definition) is 5. The van der Waals surface area contributed by atoms with E-state index < -0.39 is 11.9 Å². The highest BCUT2D eigenvalue weighted by molar-refractivity contribution is 6.27. The van der Waals surface area contributed by atoms with Gasteiger partial charge in [0.05, 0.1) is 0 Å². The van der Waals surface area contributed by atoms with E-state index in [9.17, 15) is 4.79 Å². The van der Waals surface area contributed by atoms with E-state index in [1.54, 1.807) is 0 Å². The number of aliphatic carboxylic acids is 2. The number of nitrogens with zero attached hydrogens (tertiary/aromatic N) is 3. The highest BCUT2D eigenvalue weighted by atomic mass is 16.4. The van der Waals surface area contributed by atoms with Crippen LogP contribution in [0.15, 0.2) is 60.7 Å². The van der Waals surface area contributed by atoms with Crippen LogP contribution in [0.5, 0.6) is 0 Å². The van der Waals surface area contributed by atoms with E-state index in [2.05, 4.69) is 47.1 Å². The molecule has 0 aromatic heterocycles. The Kier molecular flexibility index (Phi) is 11.2. The van der Waals surface area contributed by atoms with Crippen molar-refractivity contribution >= 4 is 23.5 Å². The normalized spacial score (nSPS) is 15.0. The predicted molar refractivity (Wildman–Crippen MR) is 132 cm³/mol. The Hall–Kier alpha value is -3.23. The third kappa shape index (κ3) is 8.96. The predicted octanol–water partition coefficient (Wildman–Crippen LogP) is 2.83. The van der Waals surface area contributed by atoms with Crippen LogP contribution < -0.4 is 4.90 Å². The van der Waals surface area contributed by atoms with Crippen molar-refractivity contribution < 1.29 is 24.6 Å². The largest absolute Gasteiger partial charge is 0.473 e. The summed E-state index contributed by atoms with van der Waals surface area (Å²) < 4.78 is 0. The molecular formula is C26H35N3O5. The van der Waals surface area contributed by atoms with E-state index in [-0.39, 0.29) is 11.9 Å². The zero-order valence-electron chi connectivity index (χ0n) is 20.0. The van der Waals surface area contributed by atoms with Gasteiger partial charge in [-0.2, -0.15) is 0 Å². The zero-order chi connectivity index (χ0) is 24.9. The van der Waals surface area contributed by atoms with Crippen molar-refractivity contribution in [3.8, 4) is 0 Å². The molecule has 0 spiro atoms. The molecule has 184 valence electrons. The van der Waals surface area contributed by atoms with E-state index >= 15 is 0 Å². The fourth-order valence-corrected chi connectivity index (χ4v) is 3.99. The number of carboxylic acid groups (broad SMARTS) is 2. The molecule has 8 nitrogen and oxygen atoms in total. The minimum Gasteiger partial charge on any atom is -0.473 e. The Morgan fingerprint density at radius 3 is 1.85 bits per heavy atom. The van der Waals surface area contributed by atoms with Crippen LogP contribution >= 0.6 is 0 Å². The van der Waals surface area contributed by atoms with Gasteiger partial charge >= 0.3 is 11.9 Å². The topological polar surface area (TPSA) is 101 Å². The number of piperazine rings is 1. The van der Waals surface area contributed by atoms with Gasteiger partial charge in [0.15, 0.2) is 0 Å². The molecule has 1 amide bonds. The molecule has 1 aliphatic rings. The van der Waals surface area contributed by atoms with E-state index in [0.717, 1.165) is 51.4 Å². The summed E-state index contributed by atoms with van der Waals surface area (Å²) in [5, 5.41) is 14.8. The van der Waals surface area contributed by atoms with Crippen LogP contribution in [0, 0.1) is 0 Å². The van der Waals surface area contributed by atoms with Crippen LogP contribution in [0.25, 0.3) is 0 Å². The molecule has 1 saturated heterocycles. The van der Waals surface area contributed by atoms with Crippen LogP contribution in [0.3, 0.4) is 0 Å². The lowest BCUT2D eigenvalue weighted by molar-refractivity contribution is -0.159. The second kappa shape index (κ2) is 14.1. The van der Waals surface area contributed by atoms with E-state index in [1.165, 1.54) is 5.56 Å². The van der Waals surface area contributed by atoms with Gasteiger partial charge in [-0.3, -0.25) is 9.69 Å². The molecule has 0 aliphatic carbocycles. The van der Waals surface area contributed by atoms with Gasteiger partial charge in [-0.05, 0) is 31.0 Å². The van der Waals surface area contributed by atoms with Gasteiger partial charge in [-0.15, -0.1) is 0 Å². The lowest BCUT2D eigenvalue weighted by Gasteiger charge is -2.38. The van der Waals surface area contributed by atoms with E-state index in [1.807, 2.05) is 42.2 Å². The molecule has 1 aliphatic heterocycles. The first-order valence-electron chi connectivity index (χ1n) is 11.6. The summed E-state index contributed by atoms with van der Waals surface area (Å²) in [6.45, 7) is 10.5. The standard InChI is InChI=1S/C24H33N3O.C2H2O4/c1-3-24(28)27(23-12-8-5-9-13-23)21(2)20-26-18-16-25(17-19-26)15-14-22-10-6-4-7-11-22;3-1(4)2(5)6/h4-13,21H,3,14-20H2,1-2H3;(H,3,4)(H,5,6). The van der Waals surface area contributed by atoms with Crippen molar-refractivity contribution in [3.63, 3.8) is 0 Å². The molecule has 0 saturated carbocycles. The Bertz CT molecular complexity index is 887. The first-order valence-corrected chi connectivity index (χ1v) is 11.6. The molecule has 8 heteroatoms. The molecule has 2 N–H and O–H groups in total.